The summed E-state index contributed by atoms with van der Waals surface area (Å²) in [6, 6.07) is 3.88. The molecule has 0 saturated carbocycles. The molecule has 0 aromatic carbocycles. The maximum atomic E-state index is 5.98. The van der Waals surface area contributed by atoms with E-state index in [1.165, 1.54) is 6.42 Å². The van der Waals surface area contributed by atoms with Crippen LogP contribution in [0.1, 0.15) is 38.5 Å². The van der Waals surface area contributed by atoms with Crippen LogP contribution in [0, 0.1) is 5.92 Å². The highest BCUT2D eigenvalue weighted by Crippen LogP contribution is 2.22. The summed E-state index contributed by atoms with van der Waals surface area (Å²) in [6.07, 6.45) is 4.01. The van der Waals surface area contributed by atoms with Crippen LogP contribution in [0.5, 0.6) is 0 Å². The van der Waals surface area contributed by atoms with E-state index >= 15 is 0 Å². The van der Waals surface area contributed by atoms with Crippen LogP contribution in [0.2, 0.25) is 0 Å². The highest BCUT2D eigenvalue weighted by atomic mass is 16.3. The topological polar surface area (TPSA) is 39.2 Å². The molecule has 1 heterocycles. The highest BCUT2D eigenvalue weighted by molar-refractivity contribution is 5.04. The first-order valence-electron chi connectivity index (χ1n) is 4.54. The predicted octanol–water partition coefficient (Wildman–Crippen LogP) is 2.72. The van der Waals surface area contributed by atoms with Crippen molar-refractivity contribution >= 4 is 0 Å². The quantitative estimate of drug-likeness (QED) is 0.748. The molecular formula is C10H17NO. The first-order valence-corrected chi connectivity index (χ1v) is 4.54. The first kappa shape index (κ1) is 9.33. The third-order valence-corrected chi connectivity index (χ3v) is 2.23. The maximum absolute atomic E-state index is 5.98. The van der Waals surface area contributed by atoms with Crippen LogP contribution in [0.4, 0.5) is 0 Å². The van der Waals surface area contributed by atoms with Gasteiger partial charge in [0.2, 0.25) is 0 Å². The first-order chi connectivity index (χ1) is 5.75. The third-order valence-electron chi connectivity index (χ3n) is 2.23. The molecule has 2 heteroatoms. The second-order valence-electron chi connectivity index (χ2n) is 3.31. The van der Waals surface area contributed by atoms with Crippen LogP contribution >= 0.6 is 0 Å². The number of rotatable bonds is 4. The molecule has 1 aromatic heterocycles. The second-order valence-corrected chi connectivity index (χ2v) is 3.31. The van der Waals surface area contributed by atoms with Gasteiger partial charge >= 0.3 is 0 Å². The Labute approximate surface area is 73.8 Å². The fourth-order valence-corrected chi connectivity index (χ4v) is 1.40. The van der Waals surface area contributed by atoms with Crippen molar-refractivity contribution in [2.24, 2.45) is 11.7 Å². The number of nitrogens with two attached hydrogens (primary N) is 1. The zero-order valence-corrected chi connectivity index (χ0v) is 7.79. The van der Waals surface area contributed by atoms with Gasteiger partial charge in [-0.3, -0.25) is 0 Å². The van der Waals surface area contributed by atoms with Crippen LogP contribution in [-0.2, 0) is 0 Å². The molecule has 2 N–H and O–H groups in total. The highest BCUT2D eigenvalue weighted by Gasteiger charge is 2.15. The Morgan fingerprint density at radius 1 is 1.58 bits per heavy atom. The van der Waals surface area contributed by atoms with Gasteiger partial charge in [-0.05, 0) is 24.5 Å². The molecule has 0 radical (unpaired) electrons. The number of furan rings is 1. The van der Waals surface area contributed by atoms with Gasteiger partial charge in [0.1, 0.15) is 5.76 Å². The Bertz CT molecular complexity index is 206. The van der Waals surface area contributed by atoms with Crippen LogP contribution < -0.4 is 5.73 Å². The van der Waals surface area contributed by atoms with Gasteiger partial charge in [0.15, 0.2) is 0 Å². The fourth-order valence-electron chi connectivity index (χ4n) is 1.40. The van der Waals surface area contributed by atoms with Gasteiger partial charge in [0, 0.05) is 0 Å². The lowest BCUT2D eigenvalue weighted by atomic mass is 9.96. The van der Waals surface area contributed by atoms with Gasteiger partial charge in [-0.25, -0.2) is 0 Å². The molecule has 12 heavy (non-hydrogen) atoms. The summed E-state index contributed by atoms with van der Waals surface area (Å²) in [6.45, 7) is 4.34. The summed E-state index contributed by atoms with van der Waals surface area (Å²) in [7, 11) is 0. The minimum atomic E-state index is 0.0555. The second kappa shape index (κ2) is 4.31. The Morgan fingerprint density at radius 3 is 2.83 bits per heavy atom. The van der Waals surface area contributed by atoms with Crippen LogP contribution in [0.3, 0.4) is 0 Å². The van der Waals surface area contributed by atoms with Gasteiger partial charge in [-0.2, -0.15) is 0 Å². The lowest BCUT2D eigenvalue weighted by Crippen LogP contribution is -2.18. The van der Waals surface area contributed by atoms with E-state index in [2.05, 4.69) is 13.8 Å². The van der Waals surface area contributed by atoms with Crippen molar-refractivity contribution in [2.75, 3.05) is 0 Å². The summed E-state index contributed by atoms with van der Waals surface area (Å²) in [4.78, 5) is 0. The van der Waals surface area contributed by atoms with E-state index in [-0.39, 0.29) is 6.04 Å². The fraction of sp³-hybridized carbons (Fsp3) is 0.600. The van der Waals surface area contributed by atoms with Crippen LogP contribution in [0.25, 0.3) is 0 Å². The summed E-state index contributed by atoms with van der Waals surface area (Å²) in [5, 5.41) is 0. The van der Waals surface area contributed by atoms with Gasteiger partial charge in [0.25, 0.3) is 0 Å². The van der Waals surface area contributed by atoms with Crippen molar-refractivity contribution in [3.05, 3.63) is 24.2 Å². The molecule has 0 spiro atoms. The average molecular weight is 167 g/mol. The van der Waals surface area contributed by atoms with E-state index in [9.17, 15) is 0 Å². The molecule has 2 atom stereocenters. The van der Waals surface area contributed by atoms with Crippen molar-refractivity contribution in [1.29, 1.82) is 0 Å². The Balaban J connectivity index is 2.53. The van der Waals surface area contributed by atoms with Crippen molar-refractivity contribution in [3.63, 3.8) is 0 Å². The smallest absolute Gasteiger partial charge is 0.120 e. The minimum Gasteiger partial charge on any atom is -0.468 e. The molecule has 1 aromatic rings. The minimum absolute atomic E-state index is 0.0555. The van der Waals surface area contributed by atoms with Crippen molar-refractivity contribution in [2.45, 2.75) is 32.7 Å². The zero-order valence-electron chi connectivity index (χ0n) is 7.79. The molecule has 2 nitrogen and oxygen atoms in total. The maximum Gasteiger partial charge on any atom is 0.120 e. The SMILES string of the molecule is CCCC(C)C(N)c1ccco1. The Kier molecular flexibility index (Phi) is 3.35. The van der Waals surface area contributed by atoms with E-state index < -0.39 is 0 Å². The number of hydrogen-bond donors (Lipinski definition) is 1. The molecular weight excluding hydrogens is 150 g/mol. The van der Waals surface area contributed by atoms with Gasteiger partial charge < -0.3 is 10.2 Å². The monoisotopic (exact) mass is 167 g/mol. The van der Waals surface area contributed by atoms with E-state index in [1.807, 2.05) is 12.1 Å². The van der Waals surface area contributed by atoms with Crippen molar-refractivity contribution in [1.82, 2.24) is 0 Å². The zero-order chi connectivity index (χ0) is 8.97. The molecule has 68 valence electrons. The summed E-state index contributed by atoms with van der Waals surface area (Å²) in [5.74, 6) is 1.40. The molecule has 0 aliphatic carbocycles. The van der Waals surface area contributed by atoms with Crippen molar-refractivity contribution in [3.8, 4) is 0 Å². The Morgan fingerprint density at radius 2 is 2.33 bits per heavy atom. The van der Waals surface area contributed by atoms with Gasteiger partial charge in [-0.1, -0.05) is 20.3 Å². The van der Waals surface area contributed by atoms with Crippen molar-refractivity contribution < 1.29 is 4.42 Å². The summed E-state index contributed by atoms with van der Waals surface area (Å²) in [5.41, 5.74) is 5.98. The molecule has 2 unspecified atom stereocenters. The van der Waals surface area contributed by atoms with E-state index in [0.717, 1.165) is 12.2 Å². The van der Waals surface area contributed by atoms with E-state index in [4.69, 9.17) is 10.2 Å². The van der Waals surface area contributed by atoms with Crippen LogP contribution in [0.15, 0.2) is 22.8 Å². The van der Waals surface area contributed by atoms with Gasteiger partial charge in [-0.15, -0.1) is 0 Å². The van der Waals surface area contributed by atoms with Gasteiger partial charge in [0.05, 0.1) is 12.3 Å². The molecule has 1 rings (SSSR count). The molecule has 0 aliphatic heterocycles. The largest absolute Gasteiger partial charge is 0.468 e. The molecule has 0 bridgehead atoms. The predicted molar refractivity (Wildman–Crippen MR) is 49.7 cm³/mol. The summed E-state index contributed by atoms with van der Waals surface area (Å²) < 4.78 is 5.24. The molecule has 0 saturated heterocycles. The average Bonchev–Trinajstić information content (AvgIpc) is 2.55. The standard InChI is InChI=1S/C10H17NO/c1-3-5-8(2)10(11)9-6-4-7-12-9/h4,6-8,10H,3,5,11H2,1-2H3. The molecule has 0 aliphatic rings. The summed E-state index contributed by atoms with van der Waals surface area (Å²) >= 11 is 0. The lowest BCUT2D eigenvalue weighted by molar-refractivity contribution is 0.365. The molecule has 0 amide bonds. The molecule has 0 fully saturated rings. The Hall–Kier alpha value is -0.760. The normalized spacial score (nSPS) is 15.9. The lowest BCUT2D eigenvalue weighted by Gasteiger charge is -2.16. The van der Waals surface area contributed by atoms with E-state index in [1.54, 1.807) is 6.26 Å². The third kappa shape index (κ3) is 2.11. The van der Waals surface area contributed by atoms with Crippen LogP contribution in [-0.4, -0.2) is 0 Å². The van der Waals surface area contributed by atoms with E-state index in [0.29, 0.717) is 5.92 Å². The number of hydrogen-bond acceptors (Lipinski definition) is 2.